The molecule has 1 heterocycles. The van der Waals surface area contributed by atoms with Gasteiger partial charge in [-0.25, -0.2) is 4.68 Å². The van der Waals surface area contributed by atoms with Gasteiger partial charge in [-0.15, -0.1) is 0 Å². The van der Waals surface area contributed by atoms with Crippen LogP contribution in [-0.4, -0.2) is 41.4 Å². The van der Waals surface area contributed by atoms with Gasteiger partial charge in [-0.3, -0.25) is 4.79 Å². The molecule has 3 aromatic rings. The number of methoxy groups -OCH3 is 1. The molecule has 3 rings (SSSR count). The number of amides is 1. The molecule has 1 amide bonds. The van der Waals surface area contributed by atoms with Crippen LogP contribution in [0.5, 0.6) is 11.5 Å². The predicted octanol–water partition coefficient (Wildman–Crippen LogP) is 4.95. The number of halogens is 3. The minimum absolute atomic E-state index is 0.0724. The van der Waals surface area contributed by atoms with Gasteiger partial charge in [-0.2, -0.15) is 13.9 Å². The SMILES string of the molecule is COc1ccc(CN(C)C(=O)Cc2c(C)nn(-c3ccc(Cl)cc3)c2C)cc1OC(F)F. The molecule has 6 nitrogen and oxygen atoms in total. The number of carbonyl (C=O) groups excluding carboxylic acids is 1. The van der Waals surface area contributed by atoms with Gasteiger partial charge in [0.15, 0.2) is 11.5 Å². The van der Waals surface area contributed by atoms with Crippen molar-refractivity contribution in [1.29, 1.82) is 0 Å². The number of hydrogen-bond acceptors (Lipinski definition) is 4. The molecule has 1 aromatic heterocycles. The van der Waals surface area contributed by atoms with E-state index in [0.29, 0.717) is 10.6 Å². The highest BCUT2D eigenvalue weighted by molar-refractivity contribution is 6.30. The second-order valence-electron chi connectivity index (χ2n) is 7.33. The molecule has 0 aliphatic carbocycles. The maximum absolute atomic E-state index is 12.9. The van der Waals surface area contributed by atoms with Crippen LogP contribution < -0.4 is 9.47 Å². The van der Waals surface area contributed by atoms with Crippen molar-refractivity contribution >= 4 is 17.5 Å². The zero-order chi connectivity index (χ0) is 23.4. The Morgan fingerprint density at radius 3 is 2.47 bits per heavy atom. The highest BCUT2D eigenvalue weighted by Gasteiger charge is 2.19. The highest BCUT2D eigenvalue weighted by Crippen LogP contribution is 2.30. The van der Waals surface area contributed by atoms with Crippen LogP contribution in [0.1, 0.15) is 22.5 Å². The second kappa shape index (κ2) is 9.99. The van der Waals surface area contributed by atoms with Crippen LogP contribution in [0.15, 0.2) is 42.5 Å². The van der Waals surface area contributed by atoms with Crippen LogP contribution in [0.2, 0.25) is 5.02 Å². The van der Waals surface area contributed by atoms with E-state index in [9.17, 15) is 13.6 Å². The number of aryl methyl sites for hydroxylation is 1. The van der Waals surface area contributed by atoms with E-state index >= 15 is 0 Å². The fourth-order valence-corrected chi connectivity index (χ4v) is 3.55. The Kier molecular flexibility index (Phi) is 7.35. The molecular weight excluding hydrogens is 440 g/mol. The Balaban J connectivity index is 1.74. The van der Waals surface area contributed by atoms with Crippen LogP contribution in [0.25, 0.3) is 5.69 Å². The summed E-state index contributed by atoms with van der Waals surface area (Å²) in [6, 6.07) is 12.0. The van der Waals surface area contributed by atoms with Gasteiger partial charge in [0.05, 0.1) is 24.9 Å². The highest BCUT2D eigenvalue weighted by atomic mass is 35.5. The first-order valence-electron chi connectivity index (χ1n) is 9.86. The maximum atomic E-state index is 12.9. The van der Waals surface area contributed by atoms with E-state index < -0.39 is 6.61 Å². The van der Waals surface area contributed by atoms with E-state index in [4.69, 9.17) is 16.3 Å². The van der Waals surface area contributed by atoms with Gasteiger partial charge in [0.2, 0.25) is 5.91 Å². The zero-order valence-corrected chi connectivity index (χ0v) is 19.0. The third kappa shape index (κ3) is 5.37. The largest absolute Gasteiger partial charge is 0.493 e. The van der Waals surface area contributed by atoms with Gasteiger partial charge < -0.3 is 14.4 Å². The summed E-state index contributed by atoms with van der Waals surface area (Å²) in [4.78, 5) is 14.4. The molecule has 32 heavy (non-hydrogen) atoms. The van der Waals surface area contributed by atoms with Crippen molar-refractivity contribution in [2.75, 3.05) is 14.2 Å². The average molecular weight is 464 g/mol. The van der Waals surface area contributed by atoms with Gasteiger partial charge in [-0.1, -0.05) is 17.7 Å². The quantitative estimate of drug-likeness (QED) is 0.474. The average Bonchev–Trinajstić information content (AvgIpc) is 3.02. The summed E-state index contributed by atoms with van der Waals surface area (Å²) in [5, 5.41) is 5.20. The molecule has 9 heteroatoms. The van der Waals surface area contributed by atoms with Crippen molar-refractivity contribution in [2.45, 2.75) is 33.4 Å². The molecule has 0 radical (unpaired) electrons. The molecule has 0 N–H and O–H groups in total. The Morgan fingerprint density at radius 1 is 1.16 bits per heavy atom. The predicted molar refractivity (Wildman–Crippen MR) is 118 cm³/mol. The molecule has 170 valence electrons. The first kappa shape index (κ1) is 23.5. The van der Waals surface area contributed by atoms with E-state index in [-0.39, 0.29) is 30.4 Å². The monoisotopic (exact) mass is 463 g/mol. The first-order valence-corrected chi connectivity index (χ1v) is 10.2. The molecule has 0 fully saturated rings. The van der Waals surface area contributed by atoms with Crippen molar-refractivity contribution in [3.05, 3.63) is 70.0 Å². The summed E-state index contributed by atoms with van der Waals surface area (Å²) >= 11 is 5.97. The number of ether oxygens (including phenoxy) is 2. The number of hydrogen-bond donors (Lipinski definition) is 0. The Hall–Kier alpha value is -3.13. The lowest BCUT2D eigenvalue weighted by Crippen LogP contribution is -2.28. The number of alkyl halides is 2. The van der Waals surface area contributed by atoms with Crippen LogP contribution in [0.3, 0.4) is 0 Å². The van der Waals surface area contributed by atoms with Gasteiger partial charge in [0, 0.05) is 29.9 Å². The van der Waals surface area contributed by atoms with Gasteiger partial charge in [0.1, 0.15) is 0 Å². The Morgan fingerprint density at radius 2 is 1.84 bits per heavy atom. The number of rotatable bonds is 8. The van der Waals surface area contributed by atoms with Crippen molar-refractivity contribution in [3.63, 3.8) is 0 Å². The van der Waals surface area contributed by atoms with E-state index in [1.165, 1.54) is 24.1 Å². The van der Waals surface area contributed by atoms with Crippen molar-refractivity contribution in [1.82, 2.24) is 14.7 Å². The van der Waals surface area contributed by atoms with Crippen LogP contribution in [0, 0.1) is 13.8 Å². The van der Waals surface area contributed by atoms with Gasteiger partial charge in [-0.05, 0) is 55.8 Å². The van der Waals surface area contributed by atoms with E-state index in [1.54, 1.807) is 29.9 Å². The first-order chi connectivity index (χ1) is 15.2. The van der Waals surface area contributed by atoms with E-state index in [2.05, 4.69) is 9.84 Å². The lowest BCUT2D eigenvalue weighted by Gasteiger charge is -2.19. The zero-order valence-electron chi connectivity index (χ0n) is 18.2. The lowest BCUT2D eigenvalue weighted by molar-refractivity contribution is -0.129. The Labute approximate surface area is 190 Å². The molecular formula is C23H24ClF2N3O3. The van der Waals surface area contributed by atoms with Crippen molar-refractivity contribution in [2.24, 2.45) is 0 Å². The number of aromatic nitrogens is 2. The topological polar surface area (TPSA) is 56.6 Å². The molecule has 0 aliphatic heterocycles. The normalized spacial score (nSPS) is 11.0. The second-order valence-corrected chi connectivity index (χ2v) is 7.76. The lowest BCUT2D eigenvalue weighted by atomic mass is 10.1. The Bertz CT molecular complexity index is 1100. The summed E-state index contributed by atoms with van der Waals surface area (Å²) < 4.78 is 36.7. The standard InChI is InChI=1S/C23H24ClF2N3O3/c1-14-19(15(2)29(27-14)18-8-6-17(24)7-9-18)12-22(30)28(3)13-16-5-10-20(31-4)21(11-16)32-23(25)26/h5-11,23H,12-13H2,1-4H3. The number of likely N-dealkylation sites (N-methyl/N-ethyl adjacent to an activating group) is 1. The molecule has 0 unspecified atom stereocenters. The molecule has 0 aliphatic rings. The van der Waals surface area contributed by atoms with Crippen molar-refractivity contribution < 1.29 is 23.0 Å². The third-order valence-corrected chi connectivity index (χ3v) is 5.38. The summed E-state index contributed by atoms with van der Waals surface area (Å²) in [7, 11) is 3.03. The van der Waals surface area contributed by atoms with Gasteiger partial charge >= 0.3 is 6.61 Å². The number of nitrogens with zero attached hydrogens (tertiary/aromatic N) is 3. The van der Waals surface area contributed by atoms with Crippen molar-refractivity contribution in [3.8, 4) is 17.2 Å². The van der Waals surface area contributed by atoms with E-state index in [1.807, 2.05) is 26.0 Å². The fourth-order valence-electron chi connectivity index (χ4n) is 3.42. The smallest absolute Gasteiger partial charge is 0.387 e. The number of carbonyl (C=O) groups is 1. The number of benzene rings is 2. The molecule has 2 aromatic carbocycles. The molecule has 0 spiro atoms. The van der Waals surface area contributed by atoms with E-state index in [0.717, 1.165) is 22.6 Å². The maximum Gasteiger partial charge on any atom is 0.387 e. The molecule has 0 saturated carbocycles. The minimum atomic E-state index is -2.97. The summed E-state index contributed by atoms with van der Waals surface area (Å²) in [5.41, 5.74) is 3.96. The third-order valence-electron chi connectivity index (χ3n) is 5.13. The van der Waals surface area contributed by atoms with Crippen LogP contribution in [-0.2, 0) is 17.8 Å². The fraction of sp³-hybridized carbons (Fsp3) is 0.304. The summed E-state index contributed by atoms with van der Waals surface area (Å²) in [6.07, 6.45) is 0.165. The summed E-state index contributed by atoms with van der Waals surface area (Å²) in [5.74, 6) is -0.000302. The molecule has 0 atom stereocenters. The molecule has 0 bridgehead atoms. The minimum Gasteiger partial charge on any atom is -0.493 e. The molecule has 0 saturated heterocycles. The van der Waals surface area contributed by atoms with Crippen LogP contribution in [0.4, 0.5) is 8.78 Å². The van der Waals surface area contributed by atoms with Gasteiger partial charge in [0.25, 0.3) is 0 Å². The summed E-state index contributed by atoms with van der Waals surface area (Å²) in [6.45, 7) is 1.03. The van der Waals surface area contributed by atoms with Crippen LogP contribution >= 0.6 is 11.6 Å².